The Kier molecular flexibility index (Phi) is 2.57. The fourth-order valence-corrected chi connectivity index (χ4v) is 2.12. The van der Waals surface area contributed by atoms with E-state index in [4.69, 9.17) is 9.84 Å². The Labute approximate surface area is 87.8 Å². The molecule has 0 unspecified atom stereocenters. The van der Waals surface area contributed by atoms with E-state index in [1.54, 1.807) is 19.0 Å². The molecule has 2 rings (SSSR count). The lowest BCUT2D eigenvalue weighted by Gasteiger charge is -2.20. The summed E-state index contributed by atoms with van der Waals surface area (Å²) in [4.78, 5) is 5.88. The fraction of sp³-hybridized carbons (Fsp3) is 0.889. The number of ether oxygens (including phenoxy) is 1. The van der Waals surface area contributed by atoms with Crippen LogP contribution in [0.1, 0.15) is 0 Å². The number of rotatable bonds is 1. The van der Waals surface area contributed by atoms with E-state index in [1.807, 2.05) is 0 Å². The van der Waals surface area contributed by atoms with Gasteiger partial charge in [0.05, 0.1) is 18.6 Å². The molecule has 0 bridgehead atoms. The molecule has 6 heteroatoms. The maximum absolute atomic E-state index is 9.70. The van der Waals surface area contributed by atoms with E-state index in [9.17, 15) is 10.2 Å². The van der Waals surface area contributed by atoms with Gasteiger partial charge in [0.2, 0.25) is 0 Å². The van der Waals surface area contributed by atoms with Crippen LogP contribution in [0.5, 0.6) is 0 Å². The summed E-state index contributed by atoms with van der Waals surface area (Å²) >= 11 is 0. The van der Waals surface area contributed by atoms with Crippen LogP contribution in [0.25, 0.3) is 0 Å². The van der Waals surface area contributed by atoms with Crippen LogP contribution in [0.4, 0.5) is 0 Å². The van der Waals surface area contributed by atoms with Crippen LogP contribution in [0.2, 0.25) is 0 Å². The van der Waals surface area contributed by atoms with Crippen LogP contribution in [0.3, 0.4) is 0 Å². The van der Waals surface area contributed by atoms with Gasteiger partial charge in [-0.2, -0.15) is 0 Å². The van der Waals surface area contributed by atoms with E-state index in [1.165, 1.54) is 0 Å². The van der Waals surface area contributed by atoms with Crippen LogP contribution in [0, 0.1) is 5.92 Å². The Bertz CT molecular complexity index is 281. The molecular weight excluding hydrogens is 200 g/mol. The minimum atomic E-state index is -0.961. The van der Waals surface area contributed by atoms with Gasteiger partial charge in [-0.3, -0.25) is 0 Å². The van der Waals surface area contributed by atoms with Gasteiger partial charge in [-0.05, 0) is 0 Å². The summed E-state index contributed by atoms with van der Waals surface area (Å²) < 4.78 is 5.49. The summed E-state index contributed by atoms with van der Waals surface area (Å²) in [6.07, 6.45) is -2.33. The Morgan fingerprint density at radius 3 is 2.53 bits per heavy atom. The lowest BCUT2D eigenvalue weighted by Crippen LogP contribution is -2.34. The molecule has 1 aliphatic heterocycles. The molecule has 1 fully saturated rings. The molecule has 0 spiro atoms. The molecule has 0 amide bonds. The minimum absolute atomic E-state index is 0.213. The molecule has 0 aromatic rings. The Morgan fingerprint density at radius 1 is 1.33 bits per heavy atom. The summed E-state index contributed by atoms with van der Waals surface area (Å²) in [6.45, 7) is -0.213. The fourth-order valence-electron chi connectivity index (χ4n) is 2.12. The van der Waals surface area contributed by atoms with E-state index >= 15 is 0 Å². The van der Waals surface area contributed by atoms with Crippen molar-refractivity contribution in [1.82, 2.24) is 4.90 Å². The second kappa shape index (κ2) is 3.62. The van der Waals surface area contributed by atoms with Crippen molar-refractivity contribution in [1.29, 1.82) is 0 Å². The minimum Gasteiger partial charge on any atom is -0.459 e. The van der Waals surface area contributed by atoms with Crippen LogP contribution in [-0.4, -0.2) is 71.3 Å². The molecule has 6 nitrogen and oxygen atoms in total. The van der Waals surface area contributed by atoms with Gasteiger partial charge < -0.3 is 25.0 Å². The zero-order valence-electron chi connectivity index (χ0n) is 8.74. The van der Waals surface area contributed by atoms with E-state index in [0.29, 0.717) is 6.02 Å². The smallest absolute Gasteiger partial charge is 0.287 e. The lowest BCUT2D eigenvalue weighted by molar-refractivity contribution is -0.00812. The number of nitrogens with zero attached hydrogens (tertiary/aromatic N) is 2. The molecule has 2 aliphatic rings. The highest BCUT2D eigenvalue weighted by Gasteiger charge is 2.54. The first-order valence-electron chi connectivity index (χ1n) is 4.95. The quantitative estimate of drug-likeness (QED) is 0.473. The molecule has 3 N–H and O–H groups in total. The number of aliphatic hydroxyl groups excluding tert-OH is 3. The van der Waals surface area contributed by atoms with Gasteiger partial charge in [0.15, 0.2) is 0 Å². The molecule has 0 radical (unpaired) electrons. The van der Waals surface area contributed by atoms with E-state index in [0.717, 1.165) is 0 Å². The molecule has 1 saturated carbocycles. The third-order valence-corrected chi connectivity index (χ3v) is 2.99. The first-order chi connectivity index (χ1) is 7.06. The summed E-state index contributed by atoms with van der Waals surface area (Å²) in [5.41, 5.74) is 0. The topological polar surface area (TPSA) is 85.5 Å². The predicted molar refractivity (Wildman–Crippen MR) is 52.4 cm³/mol. The van der Waals surface area contributed by atoms with Crippen LogP contribution >= 0.6 is 0 Å². The molecule has 86 valence electrons. The molecule has 5 atom stereocenters. The molecule has 0 saturated heterocycles. The first kappa shape index (κ1) is 10.7. The van der Waals surface area contributed by atoms with Crippen molar-refractivity contribution in [3.05, 3.63) is 0 Å². The van der Waals surface area contributed by atoms with Gasteiger partial charge in [-0.25, -0.2) is 4.99 Å². The third kappa shape index (κ3) is 1.49. The highest BCUT2D eigenvalue weighted by molar-refractivity contribution is 5.75. The second-order valence-corrected chi connectivity index (χ2v) is 4.21. The average molecular weight is 216 g/mol. The van der Waals surface area contributed by atoms with E-state index < -0.39 is 30.3 Å². The van der Waals surface area contributed by atoms with Gasteiger partial charge >= 0.3 is 0 Å². The second-order valence-electron chi connectivity index (χ2n) is 4.21. The zero-order valence-corrected chi connectivity index (χ0v) is 8.74. The zero-order chi connectivity index (χ0) is 11.2. The largest absolute Gasteiger partial charge is 0.459 e. The van der Waals surface area contributed by atoms with Crippen molar-refractivity contribution in [2.45, 2.75) is 24.4 Å². The Balaban J connectivity index is 2.19. The normalized spacial score (nSPS) is 43.5. The van der Waals surface area contributed by atoms with Crippen molar-refractivity contribution in [3.8, 4) is 0 Å². The van der Waals surface area contributed by atoms with Gasteiger partial charge in [0.1, 0.15) is 18.2 Å². The van der Waals surface area contributed by atoms with Crippen molar-refractivity contribution < 1.29 is 20.1 Å². The van der Waals surface area contributed by atoms with E-state index in [2.05, 4.69) is 4.99 Å². The maximum atomic E-state index is 9.70. The highest BCUT2D eigenvalue weighted by atomic mass is 16.5. The monoisotopic (exact) mass is 216 g/mol. The van der Waals surface area contributed by atoms with Crippen LogP contribution < -0.4 is 0 Å². The average Bonchev–Trinajstić information content (AvgIpc) is 2.69. The number of aliphatic hydroxyl groups is 3. The van der Waals surface area contributed by atoms with Gasteiger partial charge in [0.25, 0.3) is 6.02 Å². The summed E-state index contributed by atoms with van der Waals surface area (Å²) in [6, 6.07) is -0.0241. The number of fused-ring (bicyclic) bond motifs is 1. The summed E-state index contributed by atoms with van der Waals surface area (Å²) in [5.74, 6) is -0.466. The van der Waals surface area contributed by atoms with Crippen molar-refractivity contribution in [2.24, 2.45) is 10.9 Å². The highest BCUT2D eigenvalue weighted by Crippen LogP contribution is 2.35. The van der Waals surface area contributed by atoms with E-state index in [-0.39, 0.29) is 6.61 Å². The Hall–Kier alpha value is -0.850. The number of hydrogen-bond donors (Lipinski definition) is 3. The Morgan fingerprint density at radius 2 is 2.00 bits per heavy atom. The number of hydrogen-bond acceptors (Lipinski definition) is 6. The van der Waals surface area contributed by atoms with Crippen molar-refractivity contribution >= 4 is 6.02 Å². The maximum Gasteiger partial charge on any atom is 0.287 e. The predicted octanol–water partition coefficient (Wildman–Crippen LogP) is -1.98. The first-order valence-corrected chi connectivity index (χ1v) is 4.95. The third-order valence-electron chi connectivity index (χ3n) is 2.99. The molecule has 1 aliphatic carbocycles. The molecular formula is C9H16N2O4. The van der Waals surface area contributed by atoms with Gasteiger partial charge in [-0.1, -0.05) is 0 Å². The van der Waals surface area contributed by atoms with Crippen molar-refractivity contribution in [3.63, 3.8) is 0 Å². The lowest BCUT2D eigenvalue weighted by atomic mass is 10.1. The van der Waals surface area contributed by atoms with Crippen LogP contribution in [-0.2, 0) is 4.74 Å². The molecule has 15 heavy (non-hydrogen) atoms. The standard InChI is InChI=1S/C9H16N2O4/c1-11(2)9-10-5-7(14)6(13)4(3-12)8(5)15-9/h4-8,12-14H,3H2,1-2H3/t4-,5-,6-,7-,8+/m1/s1. The molecule has 0 aromatic carbocycles. The van der Waals surface area contributed by atoms with Crippen molar-refractivity contribution in [2.75, 3.05) is 20.7 Å². The SMILES string of the molecule is CN(C)C1=N[C@@H]2[C@@H](O)[C@H](O)[C@@H](CO)[C@@H]2O1. The summed E-state index contributed by atoms with van der Waals surface area (Å²) in [5, 5.41) is 28.4. The van der Waals surface area contributed by atoms with Crippen LogP contribution in [0.15, 0.2) is 4.99 Å². The summed E-state index contributed by atoms with van der Waals surface area (Å²) in [7, 11) is 3.58. The van der Waals surface area contributed by atoms with Gasteiger partial charge in [0, 0.05) is 14.1 Å². The number of aliphatic imine (C=N–C) groups is 1. The molecule has 1 heterocycles. The molecule has 0 aromatic heterocycles. The number of amidine groups is 1. The van der Waals surface area contributed by atoms with Gasteiger partial charge in [-0.15, -0.1) is 0 Å².